The number of hydrogen-bond donors (Lipinski definition) is 0. The van der Waals surface area contributed by atoms with E-state index in [1.165, 1.54) is 24.0 Å². The Hall–Kier alpha value is -1.54. The molecule has 0 saturated carbocycles. The molecule has 1 aliphatic heterocycles. The van der Waals surface area contributed by atoms with Crippen molar-refractivity contribution in [3.8, 4) is 0 Å². The largest absolute Gasteiger partial charge is 0.468 e. The Kier molecular flexibility index (Phi) is 3.47. The van der Waals surface area contributed by atoms with Crippen molar-refractivity contribution in [3.63, 3.8) is 0 Å². The summed E-state index contributed by atoms with van der Waals surface area (Å²) in [6.07, 6.45) is 4.38. The van der Waals surface area contributed by atoms with Crippen molar-refractivity contribution in [1.29, 1.82) is 0 Å². The Morgan fingerprint density at radius 2 is 1.71 bits per heavy atom. The van der Waals surface area contributed by atoms with Crippen LogP contribution < -0.4 is 0 Å². The third-order valence-electron chi connectivity index (χ3n) is 6.34. The van der Waals surface area contributed by atoms with Crippen molar-refractivity contribution in [3.05, 3.63) is 58.5 Å². The van der Waals surface area contributed by atoms with Crippen molar-refractivity contribution >= 4 is 0 Å². The molecule has 0 spiro atoms. The van der Waals surface area contributed by atoms with Crippen molar-refractivity contribution in [1.82, 2.24) is 4.90 Å². The Balaban J connectivity index is 1.82. The molecule has 0 bridgehead atoms. The predicted octanol–water partition coefficient (Wildman–Crippen LogP) is 5.21. The van der Waals surface area contributed by atoms with Crippen LogP contribution in [0.25, 0.3) is 0 Å². The topological polar surface area (TPSA) is 16.4 Å². The summed E-state index contributed by atoms with van der Waals surface area (Å²) in [6.45, 7) is 11.6. The number of hydrogen-bond acceptors (Lipinski definition) is 2. The molecule has 2 nitrogen and oxygen atoms in total. The normalized spacial score (nSPS) is 25.1. The van der Waals surface area contributed by atoms with Crippen LogP contribution in [-0.4, -0.2) is 18.5 Å². The first-order valence-electron chi connectivity index (χ1n) is 9.18. The quantitative estimate of drug-likeness (QED) is 0.716. The van der Waals surface area contributed by atoms with Gasteiger partial charge in [0.2, 0.25) is 0 Å². The molecular formula is C22H29NO. The first-order valence-corrected chi connectivity index (χ1v) is 9.18. The van der Waals surface area contributed by atoms with Gasteiger partial charge < -0.3 is 4.42 Å². The summed E-state index contributed by atoms with van der Waals surface area (Å²) in [5.41, 5.74) is 6.46. The maximum absolute atomic E-state index is 5.72. The second-order valence-electron chi connectivity index (χ2n) is 9.12. The molecular weight excluding hydrogens is 294 g/mol. The van der Waals surface area contributed by atoms with Crippen LogP contribution in [0, 0.1) is 0 Å². The van der Waals surface area contributed by atoms with Gasteiger partial charge in [-0.15, -0.1) is 0 Å². The van der Waals surface area contributed by atoms with Crippen LogP contribution in [0.1, 0.15) is 74.5 Å². The Bertz CT molecular complexity index is 768. The van der Waals surface area contributed by atoms with Crippen LogP contribution >= 0.6 is 0 Å². The first-order chi connectivity index (χ1) is 11.3. The minimum atomic E-state index is 0.265. The van der Waals surface area contributed by atoms with Crippen LogP contribution in [0.2, 0.25) is 0 Å². The van der Waals surface area contributed by atoms with Gasteiger partial charge in [-0.1, -0.05) is 45.9 Å². The average Bonchev–Trinajstić information content (AvgIpc) is 2.99. The number of rotatable bonds is 1. The number of furan rings is 1. The van der Waals surface area contributed by atoms with Gasteiger partial charge in [0.15, 0.2) is 0 Å². The van der Waals surface area contributed by atoms with Crippen LogP contribution in [-0.2, 0) is 17.4 Å². The van der Waals surface area contributed by atoms with Crippen molar-refractivity contribution < 1.29 is 4.42 Å². The molecule has 24 heavy (non-hydrogen) atoms. The van der Waals surface area contributed by atoms with E-state index in [0.29, 0.717) is 5.92 Å². The molecule has 0 radical (unpaired) electrons. The summed E-state index contributed by atoms with van der Waals surface area (Å²) >= 11 is 0. The van der Waals surface area contributed by atoms with Crippen molar-refractivity contribution in [2.24, 2.45) is 0 Å². The second kappa shape index (κ2) is 5.23. The van der Waals surface area contributed by atoms with E-state index in [2.05, 4.69) is 63.9 Å². The Morgan fingerprint density at radius 3 is 2.46 bits per heavy atom. The van der Waals surface area contributed by atoms with Crippen LogP contribution in [0.15, 0.2) is 34.9 Å². The van der Waals surface area contributed by atoms with Gasteiger partial charge in [-0.3, -0.25) is 4.90 Å². The van der Waals surface area contributed by atoms with E-state index >= 15 is 0 Å². The molecule has 1 atom stereocenters. The van der Waals surface area contributed by atoms with Crippen LogP contribution in [0.5, 0.6) is 0 Å². The lowest BCUT2D eigenvalue weighted by atomic mass is 9.62. The van der Waals surface area contributed by atoms with Crippen LogP contribution in [0.3, 0.4) is 0 Å². The highest BCUT2D eigenvalue weighted by molar-refractivity contribution is 5.47. The van der Waals surface area contributed by atoms with Crippen LogP contribution in [0.4, 0.5) is 0 Å². The Morgan fingerprint density at radius 1 is 1.00 bits per heavy atom. The number of benzene rings is 1. The molecule has 0 amide bonds. The van der Waals surface area contributed by atoms with Gasteiger partial charge in [-0.05, 0) is 53.5 Å². The van der Waals surface area contributed by atoms with Gasteiger partial charge in [0, 0.05) is 18.0 Å². The highest BCUT2D eigenvalue weighted by Crippen LogP contribution is 2.47. The number of likely N-dealkylation sites (N-methyl/N-ethyl adjacent to an activating group) is 1. The smallest absolute Gasteiger partial charge is 0.121 e. The molecule has 128 valence electrons. The summed E-state index contributed by atoms with van der Waals surface area (Å²) in [5, 5.41) is 0. The van der Waals surface area contributed by atoms with Gasteiger partial charge in [0.05, 0.1) is 12.8 Å². The monoisotopic (exact) mass is 323 g/mol. The first kappa shape index (κ1) is 16.0. The fourth-order valence-electron chi connectivity index (χ4n) is 4.62. The van der Waals surface area contributed by atoms with Gasteiger partial charge >= 0.3 is 0 Å². The molecule has 0 saturated heterocycles. The zero-order valence-corrected chi connectivity index (χ0v) is 15.6. The maximum Gasteiger partial charge on any atom is 0.121 e. The summed E-state index contributed by atoms with van der Waals surface area (Å²) in [6, 6.07) is 9.43. The predicted molar refractivity (Wildman–Crippen MR) is 98.6 cm³/mol. The summed E-state index contributed by atoms with van der Waals surface area (Å²) in [5.74, 6) is 1.55. The molecule has 2 aliphatic rings. The van der Waals surface area contributed by atoms with Gasteiger partial charge in [-0.2, -0.15) is 0 Å². The number of fused-ring (bicyclic) bond motifs is 2. The van der Waals surface area contributed by atoms with E-state index in [9.17, 15) is 0 Å². The molecule has 2 heteroatoms. The van der Waals surface area contributed by atoms with E-state index in [1.54, 1.807) is 11.1 Å². The average molecular weight is 323 g/mol. The lowest BCUT2D eigenvalue weighted by Crippen LogP contribution is -2.34. The number of nitrogens with zero attached hydrogens (tertiary/aromatic N) is 1. The minimum absolute atomic E-state index is 0.265. The van der Waals surface area contributed by atoms with E-state index in [1.807, 2.05) is 6.26 Å². The van der Waals surface area contributed by atoms with E-state index in [-0.39, 0.29) is 10.8 Å². The summed E-state index contributed by atoms with van der Waals surface area (Å²) in [4.78, 5) is 2.37. The second-order valence-corrected chi connectivity index (χ2v) is 9.12. The van der Waals surface area contributed by atoms with Gasteiger partial charge in [0.1, 0.15) is 5.76 Å². The maximum atomic E-state index is 5.72. The molecule has 1 aromatic carbocycles. The molecule has 1 unspecified atom stereocenters. The third-order valence-corrected chi connectivity index (χ3v) is 6.34. The third kappa shape index (κ3) is 2.43. The van der Waals surface area contributed by atoms with E-state index < -0.39 is 0 Å². The zero-order chi connectivity index (χ0) is 17.1. The Labute approximate surface area is 145 Å². The lowest BCUT2D eigenvalue weighted by molar-refractivity contribution is 0.262. The molecule has 4 rings (SSSR count). The molecule has 2 aromatic rings. The standard InChI is InChI=1S/C22H29NO/c1-21(2)9-10-22(3,4)19-12-15(6-7-18(19)21)17-13-23(5)14-20-16(17)8-11-24-20/h6-8,11-12,17H,9-10,13-14H2,1-5H3. The highest BCUT2D eigenvalue weighted by atomic mass is 16.3. The van der Waals surface area contributed by atoms with E-state index in [4.69, 9.17) is 4.42 Å². The summed E-state index contributed by atoms with van der Waals surface area (Å²) < 4.78 is 5.72. The molecule has 1 aliphatic carbocycles. The van der Waals surface area contributed by atoms with Crippen molar-refractivity contribution in [2.45, 2.75) is 63.8 Å². The molecule has 1 aromatic heterocycles. The van der Waals surface area contributed by atoms with E-state index in [0.717, 1.165) is 18.8 Å². The molecule has 2 heterocycles. The minimum Gasteiger partial charge on any atom is -0.468 e. The molecule has 0 fully saturated rings. The SMILES string of the molecule is CN1Cc2occc2C(c2ccc3c(c2)C(C)(C)CCC3(C)C)C1. The van der Waals surface area contributed by atoms with Crippen molar-refractivity contribution in [2.75, 3.05) is 13.6 Å². The highest BCUT2D eigenvalue weighted by Gasteiger charge is 2.38. The fraction of sp³-hybridized carbons (Fsp3) is 0.545. The van der Waals surface area contributed by atoms with Gasteiger partial charge in [-0.25, -0.2) is 0 Å². The van der Waals surface area contributed by atoms with Gasteiger partial charge in [0.25, 0.3) is 0 Å². The zero-order valence-electron chi connectivity index (χ0n) is 15.6. The molecule has 0 N–H and O–H groups in total. The summed E-state index contributed by atoms with van der Waals surface area (Å²) in [7, 11) is 2.18. The lowest BCUT2D eigenvalue weighted by Gasteiger charge is -2.42. The fourth-order valence-corrected chi connectivity index (χ4v) is 4.62.